The Labute approximate surface area is 202 Å². The summed E-state index contributed by atoms with van der Waals surface area (Å²) in [4.78, 5) is 61.4. The Morgan fingerprint density at radius 3 is 2.31 bits per heavy atom. The minimum Gasteiger partial charge on any atom is -0.462 e. The quantitative estimate of drug-likeness (QED) is 0.488. The number of nitrogens with zero attached hydrogens (tertiary/aromatic N) is 2. The molecule has 184 valence electrons. The van der Waals surface area contributed by atoms with E-state index in [1.807, 2.05) is 0 Å². The summed E-state index contributed by atoms with van der Waals surface area (Å²) in [5, 5.41) is 10.1. The number of anilines is 1. The van der Waals surface area contributed by atoms with Crippen molar-refractivity contribution >= 4 is 35.4 Å². The second-order valence-corrected chi connectivity index (χ2v) is 7.55. The van der Waals surface area contributed by atoms with Crippen molar-refractivity contribution in [2.24, 2.45) is 0 Å². The van der Waals surface area contributed by atoms with E-state index >= 15 is 0 Å². The maximum absolute atomic E-state index is 12.8. The third kappa shape index (κ3) is 7.03. The first-order valence-corrected chi connectivity index (χ1v) is 11.1. The first kappa shape index (κ1) is 25.2. The number of nitrogens with one attached hydrogen (secondary N) is 3. The standard InChI is InChI=1S/C24H27N5O6/c1-2-35-23(33)18-10-6-11-19(14-18)27-24(34)29-13-7-12-28(29)21(31)16-25-20(30)15-26-22(32)17-8-4-3-5-9-17/h3-6,8-11,14H,2,7,12-13,15-16H2,1H3,(H,25,30)(H,26,32)(H,27,34). The molecule has 35 heavy (non-hydrogen) atoms. The highest BCUT2D eigenvalue weighted by molar-refractivity contribution is 5.97. The van der Waals surface area contributed by atoms with Crippen molar-refractivity contribution < 1.29 is 28.7 Å². The number of hydrogen-bond donors (Lipinski definition) is 3. The van der Waals surface area contributed by atoms with Crippen molar-refractivity contribution in [1.82, 2.24) is 20.7 Å². The van der Waals surface area contributed by atoms with Crippen LogP contribution in [-0.2, 0) is 14.3 Å². The lowest BCUT2D eigenvalue weighted by molar-refractivity contribution is -0.140. The molecule has 0 saturated carbocycles. The van der Waals surface area contributed by atoms with Crippen LogP contribution >= 0.6 is 0 Å². The first-order chi connectivity index (χ1) is 16.9. The molecule has 11 heteroatoms. The molecule has 0 aromatic heterocycles. The molecule has 1 aliphatic rings. The summed E-state index contributed by atoms with van der Waals surface area (Å²) in [6, 6.07) is 14.2. The van der Waals surface area contributed by atoms with Gasteiger partial charge in [-0.3, -0.25) is 14.4 Å². The number of esters is 1. The molecule has 1 aliphatic heterocycles. The second kappa shape index (κ2) is 12.2. The molecule has 0 spiro atoms. The van der Waals surface area contributed by atoms with Gasteiger partial charge >= 0.3 is 12.0 Å². The molecular formula is C24H27N5O6. The third-order valence-electron chi connectivity index (χ3n) is 5.06. The Kier molecular flexibility index (Phi) is 8.76. The molecule has 1 saturated heterocycles. The Morgan fingerprint density at radius 1 is 0.857 bits per heavy atom. The number of hydrazine groups is 1. The van der Waals surface area contributed by atoms with Gasteiger partial charge in [0.25, 0.3) is 11.8 Å². The topological polar surface area (TPSA) is 137 Å². The normalized spacial score (nSPS) is 12.6. The summed E-state index contributed by atoms with van der Waals surface area (Å²) < 4.78 is 4.96. The SMILES string of the molecule is CCOC(=O)c1cccc(NC(=O)N2CCCN2C(=O)CNC(=O)CNC(=O)c2ccccc2)c1. The molecule has 3 N–H and O–H groups in total. The number of ether oxygens (including phenoxy) is 1. The third-order valence-corrected chi connectivity index (χ3v) is 5.06. The fourth-order valence-corrected chi connectivity index (χ4v) is 3.39. The largest absolute Gasteiger partial charge is 0.462 e. The van der Waals surface area contributed by atoms with Crippen LogP contribution in [0.25, 0.3) is 0 Å². The van der Waals surface area contributed by atoms with E-state index in [4.69, 9.17) is 4.74 Å². The summed E-state index contributed by atoms with van der Waals surface area (Å²) in [7, 11) is 0. The van der Waals surface area contributed by atoms with Crippen molar-refractivity contribution in [3.8, 4) is 0 Å². The molecule has 5 amide bonds. The molecule has 0 bridgehead atoms. The lowest BCUT2D eigenvalue weighted by Crippen LogP contribution is -2.50. The van der Waals surface area contributed by atoms with E-state index in [2.05, 4.69) is 16.0 Å². The van der Waals surface area contributed by atoms with Crippen LogP contribution in [0.4, 0.5) is 10.5 Å². The fourth-order valence-electron chi connectivity index (χ4n) is 3.39. The van der Waals surface area contributed by atoms with Gasteiger partial charge in [-0.15, -0.1) is 0 Å². The molecule has 1 fully saturated rings. The first-order valence-electron chi connectivity index (χ1n) is 11.1. The molecule has 0 aliphatic carbocycles. The van der Waals surface area contributed by atoms with E-state index in [1.165, 1.54) is 16.1 Å². The zero-order chi connectivity index (χ0) is 25.2. The zero-order valence-electron chi connectivity index (χ0n) is 19.3. The maximum Gasteiger partial charge on any atom is 0.340 e. The number of benzene rings is 2. The van der Waals surface area contributed by atoms with E-state index in [0.717, 1.165) is 0 Å². The summed E-state index contributed by atoms with van der Waals surface area (Å²) in [6.07, 6.45) is 0.573. The molecule has 0 atom stereocenters. The van der Waals surface area contributed by atoms with Crippen LogP contribution in [0.5, 0.6) is 0 Å². The number of hydrogen-bond acceptors (Lipinski definition) is 6. The van der Waals surface area contributed by atoms with E-state index in [0.29, 0.717) is 36.3 Å². The van der Waals surface area contributed by atoms with Gasteiger partial charge in [0, 0.05) is 24.3 Å². The minimum absolute atomic E-state index is 0.232. The summed E-state index contributed by atoms with van der Waals surface area (Å²) >= 11 is 0. The van der Waals surface area contributed by atoms with Crippen LogP contribution in [-0.4, -0.2) is 72.5 Å². The van der Waals surface area contributed by atoms with E-state index in [1.54, 1.807) is 55.5 Å². The maximum atomic E-state index is 12.8. The smallest absolute Gasteiger partial charge is 0.340 e. The fraction of sp³-hybridized carbons (Fsp3) is 0.292. The van der Waals surface area contributed by atoms with Gasteiger partial charge in [-0.05, 0) is 43.7 Å². The molecule has 0 radical (unpaired) electrons. The highest BCUT2D eigenvalue weighted by Crippen LogP contribution is 2.16. The molecular weight excluding hydrogens is 454 g/mol. The summed E-state index contributed by atoms with van der Waals surface area (Å²) in [5.41, 5.74) is 1.09. The van der Waals surface area contributed by atoms with E-state index in [-0.39, 0.29) is 19.7 Å². The highest BCUT2D eigenvalue weighted by Gasteiger charge is 2.30. The average molecular weight is 482 g/mol. The van der Waals surface area contributed by atoms with Gasteiger partial charge in [0.05, 0.1) is 25.3 Å². The van der Waals surface area contributed by atoms with Gasteiger partial charge in [0.1, 0.15) is 0 Å². The monoisotopic (exact) mass is 481 g/mol. The van der Waals surface area contributed by atoms with Gasteiger partial charge in [-0.2, -0.15) is 0 Å². The van der Waals surface area contributed by atoms with Crippen molar-refractivity contribution in [3.63, 3.8) is 0 Å². The predicted molar refractivity (Wildman–Crippen MR) is 126 cm³/mol. The van der Waals surface area contributed by atoms with Gasteiger partial charge in [-0.1, -0.05) is 24.3 Å². The van der Waals surface area contributed by atoms with Crippen LogP contribution < -0.4 is 16.0 Å². The van der Waals surface area contributed by atoms with Crippen LogP contribution in [0.1, 0.15) is 34.1 Å². The highest BCUT2D eigenvalue weighted by atomic mass is 16.5. The molecule has 2 aromatic rings. The summed E-state index contributed by atoms with van der Waals surface area (Å²) in [5.74, 6) is -1.91. The Morgan fingerprint density at radius 2 is 1.57 bits per heavy atom. The van der Waals surface area contributed by atoms with Crippen molar-refractivity contribution in [1.29, 1.82) is 0 Å². The number of rotatable bonds is 8. The van der Waals surface area contributed by atoms with Crippen LogP contribution in [0.15, 0.2) is 54.6 Å². The van der Waals surface area contributed by atoms with Crippen LogP contribution in [0, 0.1) is 0 Å². The number of carbonyl (C=O) groups excluding carboxylic acids is 5. The lowest BCUT2D eigenvalue weighted by Gasteiger charge is -2.28. The van der Waals surface area contributed by atoms with Gasteiger partial charge in [-0.25, -0.2) is 19.6 Å². The van der Waals surface area contributed by atoms with Crippen LogP contribution in [0.3, 0.4) is 0 Å². The van der Waals surface area contributed by atoms with Crippen molar-refractivity contribution in [3.05, 3.63) is 65.7 Å². The average Bonchev–Trinajstić information content (AvgIpc) is 3.37. The molecule has 2 aromatic carbocycles. The van der Waals surface area contributed by atoms with Gasteiger partial charge < -0.3 is 20.7 Å². The van der Waals surface area contributed by atoms with E-state index < -0.39 is 29.7 Å². The van der Waals surface area contributed by atoms with Crippen molar-refractivity contribution in [2.45, 2.75) is 13.3 Å². The number of carbonyl (C=O) groups is 5. The molecule has 1 heterocycles. The van der Waals surface area contributed by atoms with Gasteiger partial charge in [0.2, 0.25) is 5.91 Å². The van der Waals surface area contributed by atoms with Crippen LogP contribution in [0.2, 0.25) is 0 Å². The number of amides is 5. The Hall–Kier alpha value is -4.41. The molecule has 0 unspecified atom stereocenters. The Balaban J connectivity index is 1.49. The van der Waals surface area contributed by atoms with E-state index in [9.17, 15) is 24.0 Å². The molecule has 3 rings (SSSR count). The minimum atomic E-state index is -0.543. The lowest BCUT2D eigenvalue weighted by atomic mass is 10.2. The number of urea groups is 1. The van der Waals surface area contributed by atoms with Gasteiger partial charge in [0.15, 0.2) is 0 Å². The second-order valence-electron chi connectivity index (χ2n) is 7.55. The van der Waals surface area contributed by atoms with Crippen molar-refractivity contribution in [2.75, 3.05) is 38.1 Å². The Bertz CT molecular complexity index is 1090. The molecule has 11 nitrogen and oxygen atoms in total. The predicted octanol–water partition coefficient (Wildman–Crippen LogP) is 1.39. The zero-order valence-corrected chi connectivity index (χ0v) is 19.3. The summed E-state index contributed by atoms with van der Waals surface area (Å²) in [6.45, 7) is 1.94.